The molecule has 0 saturated heterocycles. The zero-order valence-corrected chi connectivity index (χ0v) is 14.9. The molecule has 9 heteroatoms. The second-order valence-electron chi connectivity index (χ2n) is 5.66. The van der Waals surface area contributed by atoms with E-state index < -0.39 is 5.91 Å². The molecular weight excluding hydrogens is 357 g/mol. The SMILES string of the molecule is Cc1nn(-c2ccc(F)cc2)c(C)c1CC(=O)Nc1ncc(C(N)=O)s1. The van der Waals surface area contributed by atoms with Crippen molar-refractivity contribution >= 4 is 28.3 Å². The number of amides is 2. The third-order valence-corrected chi connectivity index (χ3v) is 4.77. The lowest BCUT2D eigenvalue weighted by Gasteiger charge is -2.06. The van der Waals surface area contributed by atoms with Gasteiger partial charge in [-0.2, -0.15) is 5.10 Å². The topological polar surface area (TPSA) is 103 Å². The Morgan fingerprint density at radius 1 is 1.27 bits per heavy atom. The van der Waals surface area contributed by atoms with Crippen molar-refractivity contribution in [3.63, 3.8) is 0 Å². The van der Waals surface area contributed by atoms with E-state index in [0.29, 0.717) is 16.5 Å². The number of aryl methyl sites for hydroxylation is 1. The Kier molecular flexibility index (Phi) is 4.81. The first kappa shape index (κ1) is 17.7. The largest absolute Gasteiger partial charge is 0.365 e. The highest BCUT2D eigenvalue weighted by molar-refractivity contribution is 7.17. The average molecular weight is 373 g/mol. The van der Waals surface area contributed by atoms with Gasteiger partial charge in [-0.05, 0) is 38.1 Å². The molecule has 0 radical (unpaired) electrons. The summed E-state index contributed by atoms with van der Waals surface area (Å²) in [7, 11) is 0. The number of nitrogens with one attached hydrogen (secondary N) is 1. The summed E-state index contributed by atoms with van der Waals surface area (Å²) in [5.74, 6) is -1.19. The molecule has 26 heavy (non-hydrogen) atoms. The normalized spacial score (nSPS) is 10.7. The van der Waals surface area contributed by atoms with E-state index in [-0.39, 0.29) is 23.0 Å². The maximum atomic E-state index is 13.1. The quantitative estimate of drug-likeness (QED) is 0.716. The molecule has 2 heterocycles. The number of hydrogen-bond acceptors (Lipinski definition) is 5. The van der Waals surface area contributed by atoms with E-state index in [0.717, 1.165) is 22.6 Å². The monoisotopic (exact) mass is 373 g/mol. The van der Waals surface area contributed by atoms with Crippen LogP contribution in [0.4, 0.5) is 9.52 Å². The van der Waals surface area contributed by atoms with Crippen molar-refractivity contribution in [2.45, 2.75) is 20.3 Å². The van der Waals surface area contributed by atoms with Gasteiger partial charge in [0.05, 0.1) is 24.0 Å². The van der Waals surface area contributed by atoms with Crippen LogP contribution in [0.5, 0.6) is 0 Å². The van der Waals surface area contributed by atoms with Crippen LogP contribution in [-0.4, -0.2) is 26.6 Å². The zero-order chi connectivity index (χ0) is 18.8. The molecule has 0 aliphatic heterocycles. The molecule has 0 unspecified atom stereocenters. The van der Waals surface area contributed by atoms with Gasteiger partial charge < -0.3 is 11.1 Å². The van der Waals surface area contributed by atoms with Crippen LogP contribution < -0.4 is 11.1 Å². The molecule has 134 valence electrons. The third kappa shape index (κ3) is 3.62. The Hall–Kier alpha value is -3.07. The van der Waals surface area contributed by atoms with Crippen molar-refractivity contribution < 1.29 is 14.0 Å². The van der Waals surface area contributed by atoms with Crippen LogP contribution in [0.15, 0.2) is 30.5 Å². The molecule has 0 saturated carbocycles. The number of carbonyl (C=O) groups excluding carboxylic acids is 2. The molecule has 0 aliphatic carbocycles. The minimum absolute atomic E-state index is 0.102. The van der Waals surface area contributed by atoms with Gasteiger partial charge in [-0.15, -0.1) is 0 Å². The number of primary amides is 1. The summed E-state index contributed by atoms with van der Waals surface area (Å²) in [6, 6.07) is 5.97. The smallest absolute Gasteiger partial charge is 0.260 e. The Morgan fingerprint density at radius 3 is 2.58 bits per heavy atom. The van der Waals surface area contributed by atoms with Crippen LogP contribution in [-0.2, 0) is 11.2 Å². The molecule has 0 aliphatic rings. The first-order valence-electron chi connectivity index (χ1n) is 7.71. The number of aromatic nitrogens is 3. The molecule has 3 aromatic rings. The van der Waals surface area contributed by atoms with Crippen LogP contribution in [0.25, 0.3) is 5.69 Å². The van der Waals surface area contributed by atoms with Gasteiger partial charge in [-0.25, -0.2) is 14.1 Å². The number of rotatable bonds is 5. The van der Waals surface area contributed by atoms with E-state index in [1.807, 2.05) is 13.8 Å². The predicted octanol–water partition coefficient (Wildman–Crippen LogP) is 2.36. The van der Waals surface area contributed by atoms with Crippen molar-refractivity contribution in [1.82, 2.24) is 14.8 Å². The van der Waals surface area contributed by atoms with Crippen molar-refractivity contribution in [3.8, 4) is 5.69 Å². The van der Waals surface area contributed by atoms with Crippen molar-refractivity contribution in [3.05, 3.63) is 58.1 Å². The summed E-state index contributed by atoms with van der Waals surface area (Å²) in [6.45, 7) is 3.66. The first-order chi connectivity index (χ1) is 12.3. The summed E-state index contributed by atoms with van der Waals surface area (Å²) in [4.78, 5) is 27.6. The zero-order valence-electron chi connectivity index (χ0n) is 14.1. The lowest BCUT2D eigenvalue weighted by molar-refractivity contribution is -0.115. The fraction of sp³-hybridized carbons (Fsp3) is 0.176. The van der Waals surface area contributed by atoms with E-state index in [1.54, 1.807) is 16.8 Å². The number of benzene rings is 1. The molecule has 0 atom stereocenters. The van der Waals surface area contributed by atoms with Gasteiger partial charge in [-0.3, -0.25) is 9.59 Å². The van der Waals surface area contributed by atoms with Gasteiger partial charge in [0.25, 0.3) is 5.91 Å². The number of thiazole rings is 1. The number of nitrogens with zero attached hydrogens (tertiary/aromatic N) is 3. The Morgan fingerprint density at radius 2 is 1.96 bits per heavy atom. The van der Waals surface area contributed by atoms with E-state index in [1.165, 1.54) is 18.3 Å². The molecule has 3 N–H and O–H groups in total. The molecule has 0 bridgehead atoms. The minimum Gasteiger partial charge on any atom is -0.365 e. The molecule has 3 rings (SSSR count). The third-order valence-electron chi connectivity index (χ3n) is 3.84. The van der Waals surface area contributed by atoms with Crippen LogP contribution >= 0.6 is 11.3 Å². The lowest BCUT2D eigenvalue weighted by Crippen LogP contribution is -2.15. The fourth-order valence-electron chi connectivity index (χ4n) is 2.53. The van der Waals surface area contributed by atoms with Crippen LogP contribution in [0.3, 0.4) is 0 Å². The second kappa shape index (κ2) is 7.04. The maximum Gasteiger partial charge on any atom is 0.260 e. The van der Waals surface area contributed by atoms with E-state index in [4.69, 9.17) is 5.73 Å². The number of nitrogens with two attached hydrogens (primary N) is 1. The second-order valence-corrected chi connectivity index (χ2v) is 6.69. The molecule has 1 aromatic carbocycles. The van der Waals surface area contributed by atoms with Gasteiger partial charge >= 0.3 is 0 Å². The predicted molar refractivity (Wildman–Crippen MR) is 96.0 cm³/mol. The lowest BCUT2D eigenvalue weighted by atomic mass is 10.1. The molecule has 7 nitrogen and oxygen atoms in total. The summed E-state index contributed by atoms with van der Waals surface area (Å²) in [6.07, 6.45) is 1.43. The number of hydrogen-bond donors (Lipinski definition) is 2. The van der Waals surface area contributed by atoms with Crippen molar-refractivity contribution in [1.29, 1.82) is 0 Å². The Balaban J connectivity index is 1.78. The summed E-state index contributed by atoms with van der Waals surface area (Å²) >= 11 is 1.02. The Labute approximate surface area is 152 Å². The van der Waals surface area contributed by atoms with Crippen LogP contribution in [0.2, 0.25) is 0 Å². The number of carbonyl (C=O) groups is 2. The molecular formula is C17H16FN5O2S. The van der Waals surface area contributed by atoms with Crippen molar-refractivity contribution in [2.24, 2.45) is 5.73 Å². The maximum absolute atomic E-state index is 13.1. The first-order valence-corrected chi connectivity index (χ1v) is 8.53. The highest BCUT2D eigenvalue weighted by Gasteiger charge is 2.17. The van der Waals surface area contributed by atoms with Crippen LogP contribution in [0, 0.1) is 19.7 Å². The van der Waals surface area contributed by atoms with Gasteiger partial charge in [0, 0.05) is 11.3 Å². The number of anilines is 1. The van der Waals surface area contributed by atoms with Gasteiger partial charge in [0.1, 0.15) is 10.7 Å². The van der Waals surface area contributed by atoms with Gasteiger partial charge in [0.2, 0.25) is 5.91 Å². The highest BCUT2D eigenvalue weighted by atomic mass is 32.1. The summed E-state index contributed by atoms with van der Waals surface area (Å²) < 4.78 is 14.8. The number of halogens is 1. The van der Waals surface area contributed by atoms with E-state index in [2.05, 4.69) is 15.4 Å². The Bertz CT molecular complexity index is 978. The molecule has 0 fully saturated rings. The molecule has 0 spiro atoms. The van der Waals surface area contributed by atoms with Crippen LogP contribution in [0.1, 0.15) is 26.6 Å². The van der Waals surface area contributed by atoms with E-state index >= 15 is 0 Å². The fourth-order valence-corrected chi connectivity index (χ4v) is 3.22. The van der Waals surface area contributed by atoms with Crippen molar-refractivity contribution in [2.75, 3.05) is 5.32 Å². The van der Waals surface area contributed by atoms with Gasteiger partial charge in [0.15, 0.2) is 5.13 Å². The summed E-state index contributed by atoms with van der Waals surface area (Å²) in [5.41, 5.74) is 8.16. The summed E-state index contributed by atoms with van der Waals surface area (Å²) in [5, 5.41) is 7.40. The van der Waals surface area contributed by atoms with E-state index in [9.17, 15) is 14.0 Å². The molecule has 2 aromatic heterocycles. The standard InChI is InChI=1S/C17H16FN5O2S/c1-9-13(7-15(24)21-17-20-8-14(26-17)16(19)25)10(2)23(22-9)12-5-3-11(18)4-6-12/h3-6,8H,7H2,1-2H3,(H2,19,25)(H,20,21,24). The highest BCUT2D eigenvalue weighted by Crippen LogP contribution is 2.21. The van der Waals surface area contributed by atoms with Gasteiger partial charge in [-0.1, -0.05) is 11.3 Å². The average Bonchev–Trinajstić information content (AvgIpc) is 3.16. The minimum atomic E-state index is -0.588. The molecule has 2 amide bonds.